The summed E-state index contributed by atoms with van der Waals surface area (Å²) >= 11 is 0. The molecule has 0 aliphatic carbocycles. The first-order valence-corrected chi connectivity index (χ1v) is 9.34. The van der Waals surface area contributed by atoms with E-state index >= 15 is 0 Å². The fourth-order valence-corrected chi connectivity index (χ4v) is 3.66. The van der Waals surface area contributed by atoms with E-state index in [1.54, 1.807) is 37.3 Å². The molecule has 0 saturated carbocycles. The maximum absolute atomic E-state index is 12.4. The van der Waals surface area contributed by atoms with E-state index in [1.807, 2.05) is 13.0 Å². The number of amides is 1. The van der Waals surface area contributed by atoms with Gasteiger partial charge in [0.15, 0.2) is 11.5 Å². The van der Waals surface area contributed by atoms with Gasteiger partial charge in [-0.25, -0.2) is 13.1 Å². The highest BCUT2D eigenvalue weighted by atomic mass is 32.2. The second-order valence-electron chi connectivity index (χ2n) is 5.71. The largest absolute Gasteiger partial charge is 0.493 e. The molecule has 0 aromatic heterocycles. The van der Waals surface area contributed by atoms with Gasteiger partial charge in [0.2, 0.25) is 15.9 Å². The summed E-state index contributed by atoms with van der Waals surface area (Å²) in [6.07, 6.45) is 0. The first kappa shape index (κ1) is 19.7. The summed E-state index contributed by atoms with van der Waals surface area (Å²) in [7, 11) is -0.780. The lowest BCUT2D eigenvalue weighted by Gasteiger charge is -2.12. The van der Waals surface area contributed by atoms with E-state index in [2.05, 4.69) is 10.0 Å². The van der Waals surface area contributed by atoms with Gasteiger partial charge in [0.1, 0.15) is 0 Å². The molecule has 140 valence electrons. The normalized spacial score (nSPS) is 11.1. The average molecular weight is 378 g/mol. The summed E-state index contributed by atoms with van der Waals surface area (Å²) in [6.45, 7) is 3.13. The summed E-state index contributed by atoms with van der Waals surface area (Å²) in [5.41, 5.74) is 1.91. The van der Waals surface area contributed by atoms with Crippen molar-refractivity contribution in [2.45, 2.75) is 18.7 Å². The number of hydrogen-bond acceptors (Lipinski definition) is 5. The van der Waals surface area contributed by atoms with Gasteiger partial charge < -0.3 is 14.8 Å². The Hall–Kier alpha value is -2.58. The lowest BCUT2D eigenvalue weighted by atomic mass is 10.2. The van der Waals surface area contributed by atoms with Crippen molar-refractivity contribution in [2.24, 2.45) is 0 Å². The Morgan fingerprint density at radius 3 is 2.35 bits per heavy atom. The molecule has 0 radical (unpaired) electrons. The predicted octanol–water partition coefficient (Wildman–Crippen LogP) is 2.24. The van der Waals surface area contributed by atoms with Crippen molar-refractivity contribution in [2.75, 3.05) is 26.1 Å². The van der Waals surface area contributed by atoms with Gasteiger partial charge in [-0.2, -0.15) is 0 Å². The summed E-state index contributed by atoms with van der Waals surface area (Å²) in [5, 5.41) is 2.62. The van der Waals surface area contributed by atoms with E-state index in [0.29, 0.717) is 22.7 Å². The topological polar surface area (TPSA) is 93.7 Å². The number of benzene rings is 2. The van der Waals surface area contributed by atoms with E-state index in [0.717, 1.165) is 5.56 Å². The van der Waals surface area contributed by atoms with Crippen LogP contribution >= 0.6 is 0 Å². The average Bonchev–Trinajstić information content (AvgIpc) is 2.62. The number of rotatable bonds is 7. The highest BCUT2D eigenvalue weighted by Crippen LogP contribution is 2.29. The van der Waals surface area contributed by atoms with Gasteiger partial charge >= 0.3 is 0 Å². The Labute approximate surface area is 153 Å². The number of nitrogens with one attached hydrogen (secondary N) is 2. The lowest BCUT2D eigenvalue weighted by molar-refractivity contribution is -0.115. The van der Waals surface area contributed by atoms with Crippen molar-refractivity contribution in [3.63, 3.8) is 0 Å². The molecule has 2 aromatic rings. The number of ether oxygens (including phenoxy) is 2. The number of carbonyl (C=O) groups is 1. The zero-order valence-corrected chi connectivity index (χ0v) is 15.9. The molecule has 0 unspecified atom stereocenters. The molecule has 0 spiro atoms. The molecule has 2 aromatic carbocycles. The first-order valence-electron chi connectivity index (χ1n) is 7.85. The molecule has 0 saturated heterocycles. The molecule has 0 atom stereocenters. The summed E-state index contributed by atoms with van der Waals surface area (Å²) < 4.78 is 37.5. The van der Waals surface area contributed by atoms with Gasteiger partial charge in [-0.3, -0.25) is 4.79 Å². The molecule has 0 fully saturated rings. The molecule has 7 nitrogen and oxygen atoms in total. The van der Waals surface area contributed by atoms with Crippen LogP contribution in [0.2, 0.25) is 0 Å². The van der Waals surface area contributed by atoms with Crippen LogP contribution in [0, 0.1) is 13.8 Å². The van der Waals surface area contributed by atoms with Crippen molar-refractivity contribution in [1.29, 1.82) is 0 Å². The van der Waals surface area contributed by atoms with Crippen molar-refractivity contribution in [1.82, 2.24) is 4.72 Å². The molecule has 0 bridgehead atoms. The van der Waals surface area contributed by atoms with Gasteiger partial charge in [-0.15, -0.1) is 0 Å². The predicted molar refractivity (Wildman–Crippen MR) is 99.3 cm³/mol. The Morgan fingerprint density at radius 1 is 1.00 bits per heavy atom. The lowest BCUT2D eigenvalue weighted by Crippen LogP contribution is -2.33. The monoisotopic (exact) mass is 378 g/mol. The summed E-state index contributed by atoms with van der Waals surface area (Å²) in [6, 6.07) is 10.0. The van der Waals surface area contributed by atoms with Gasteiger partial charge in [0.25, 0.3) is 0 Å². The van der Waals surface area contributed by atoms with Gasteiger partial charge in [-0.05, 0) is 43.2 Å². The molecule has 0 aliphatic rings. The fourth-order valence-electron chi connectivity index (χ4n) is 2.35. The second-order valence-corrected chi connectivity index (χ2v) is 7.45. The van der Waals surface area contributed by atoms with E-state index < -0.39 is 15.9 Å². The SMILES string of the molecule is COc1ccc(NC(=O)CNS(=O)(=O)c2cc(C)ccc2C)cc1OC. The van der Waals surface area contributed by atoms with Gasteiger partial charge in [-0.1, -0.05) is 12.1 Å². The molecule has 2 rings (SSSR count). The van der Waals surface area contributed by atoms with E-state index in [1.165, 1.54) is 14.2 Å². The molecule has 8 heteroatoms. The molecular formula is C18H22N2O5S. The number of carbonyl (C=O) groups excluding carboxylic acids is 1. The number of anilines is 1. The minimum Gasteiger partial charge on any atom is -0.493 e. The third-order valence-electron chi connectivity index (χ3n) is 3.72. The molecule has 1 amide bonds. The first-order chi connectivity index (χ1) is 12.3. The smallest absolute Gasteiger partial charge is 0.241 e. The fraction of sp³-hybridized carbons (Fsp3) is 0.278. The number of methoxy groups -OCH3 is 2. The minimum atomic E-state index is -3.78. The number of hydrogen-bond donors (Lipinski definition) is 2. The van der Waals surface area contributed by atoms with Crippen LogP contribution in [0.1, 0.15) is 11.1 Å². The third-order valence-corrected chi connectivity index (χ3v) is 5.27. The molecule has 26 heavy (non-hydrogen) atoms. The van der Waals surface area contributed by atoms with Crippen LogP contribution in [0.25, 0.3) is 0 Å². The number of sulfonamides is 1. The Balaban J connectivity index is 2.05. The van der Waals surface area contributed by atoms with Gasteiger partial charge in [0.05, 0.1) is 25.7 Å². The maximum Gasteiger partial charge on any atom is 0.241 e. The third kappa shape index (κ3) is 4.74. The summed E-state index contributed by atoms with van der Waals surface area (Å²) in [5.74, 6) is 0.494. The van der Waals surface area contributed by atoms with Crippen LogP contribution in [-0.4, -0.2) is 35.1 Å². The van der Waals surface area contributed by atoms with E-state index in [-0.39, 0.29) is 11.4 Å². The standard InChI is InChI=1S/C18H22N2O5S/c1-12-5-6-13(2)17(9-12)26(22,23)19-11-18(21)20-14-7-8-15(24-3)16(10-14)25-4/h5-10,19H,11H2,1-4H3,(H,20,21). The van der Waals surface area contributed by atoms with Crippen LogP contribution in [0.4, 0.5) is 5.69 Å². The second kappa shape index (κ2) is 8.20. The maximum atomic E-state index is 12.4. The molecular weight excluding hydrogens is 356 g/mol. The van der Waals surface area contributed by atoms with Crippen molar-refractivity contribution in [3.8, 4) is 11.5 Å². The Kier molecular flexibility index (Phi) is 6.23. The molecule has 2 N–H and O–H groups in total. The van der Waals surface area contributed by atoms with E-state index in [4.69, 9.17) is 9.47 Å². The van der Waals surface area contributed by atoms with Crippen molar-refractivity contribution in [3.05, 3.63) is 47.5 Å². The van der Waals surface area contributed by atoms with E-state index in [9.17, 15) is 13.2 Å². The Bertz CT molecular complexity index is 910. The van der Waals surface area contributed by atoms with Crippen molar-refractivity contribution >= 4 is 21.6 Å². The summed E-state index contributed by atoms with van der Waals surface area (Å²) in [4.78, 5) is 12.2. The Morgan fingerprint density at radius 2 is 1.69 bits per heavy atom. The van der Waals surface area contributed by atoms with Crippen LogP contribution in [0.15, 0.2) is 41.3 Å². The minimum absolute atomic E-state index is 0.163. The zero-order valence-electron chi connectivity index (χ0n) is 15.1. The van der Waals surface area contributed by atoms with Crippen LogP contribution in [-0.2, 0) is 14.8 Å². The number of aryl methyl sites for hydroxylation is 2. The quantitative estimate of drug-likeness (QED) is 0.771. The van der Waals surface area contributed by atoms with Crippen LogP contribution in [0.3, 0.4) is 0 Å². The highest BCUT2D eigenvalue weighted by Gasteiger charge is 2.18. The zero-order chi connectivity index (χ0) is 19.3. The van der Waals surface area contributed by atoms with Crippen LogP contribution in [0.5, 0.6) is 11.5 Å². The highest BCUT2D eigenvalue weighted by molar-refractivity contribution is 7.89. The van der Waals surface area contributed by atoms with Crippen molar-refractivity contribution < 1.29 is 22.7 Å². The molecule has 0 aliphatic heterocycles. The van der Waals surface area contributed by atoms with Gasteiger partial charge in [0, 0.05) is 11.8 Å². The van der Waals surface area contributed by atoms with Crippen LogP contribution < -0.4 is 19.5 Å². The molecule has 0 heterocycles.